The molecule has 0 spiro atoms. The van der Waals surface area contributed by atoms with Gasteiger partial charge in [-0.2, -0.15) is 0 Å². The van der Waals surface area contributed by atoms with Crippen molar-refractivity contribution in [2.45, 2.75) is 6.10 Å². The van der Waals surface area contributed by atoms with Crippen molar-refractivity contribution in [3.63, 3.8) is 0 Å². The Morgan fingerprint density at radius 2 is 2.24 bits per heavy atom. The first kappa shape index (κ1) is 12.2. The number of fused-ring (bicyclic) bond motifs is 1. The van der Waals surface area contributed by atoms with Crippen LogP contribution in [0.1, 0.15) is 11.7 Å². The zero-order chi connectivity index (χ0) is 12.1. The van der Waals surface area contributed by atoms with E-state index in [1.54, 1.807) is 7.11 Å². The number of aliphatic hydroxyl groups is 1. The molecule has 0 amide bonds. The van der Waals surface area contributed by atoms with E-state index in [0.717, 1.165) is 17.9 Å². The number of benzene rings is 1. The van der Waals surface area contributed by atoms with Crippen molar-refractivity contribution in [1.82, 2.24) is 5.32 Å². The van der Waals surface area contributed by atoms with Crippen LogP contribution in [-0.4, -0.2) is 38.7 Å². The van der Waals surface area contributed by atoms with E-state index in [0.29, 0.717) is 18.9 Å². The van der Waals surface area contributed by atoms with E-state index in [4.69, 9.17) is 14.2 Å². The number of hydrogen-bond donors (Lipinski definition) is 2. The second-order valence-electron chi connectivity index (χ2n) is 3.83. The molecule has 0 fully saturated rings. The molecule has 1 aromatic carbocycles. The van der Waals surface area contributed by atoms with Gasteiger partial charge in [0.2, 0.25) is 6.79 Å². The Morgan fingerprint density at radius 1 is 1.41 bits per heavy atom. The van der Waals surface area contributed by atoms with Gasteiger partial charge in [-0.1, -0.05) is 6.07 Å². The third-order valence-electron chi connectivity index (χ3n) is 2.60. The molecule has 0 saturated heterocycles. The van der Waals surface area contributed by atoms with E-state index in [1.165, 1.54) is 0 Å². The first-order valence-corrected chi connectivity index (χ1v) is 5.58. The summed E-state index contributed by atoms with van der Waals surface area (Å²) in [6.45, 7) is 2.09. The second-order valence-corrected chi connectivity index (χ2v) is 3.83. The maximum Gasteiger partial charge on any atom is 0.231 e. The standard InChI is InChI=1S/C12H17NO4/c1-15-5-4-13-7-10(14)9-2-3-11-12(6-9)17-8-16-11/h2-3,6,10,13-14H,4-5,7-8H2,1H3. The van der Waals surface area contributed by atoms with Crippen molar-refractivity contribution in [2.75, 3.05) is 33.6 Å². The molecule has 1 aliphatic heterocycles. The number of ether oxygens (including phenoxy) is 3. The molecule has 5 nitrogen and oxygen atoms in total. The van der Waals surface area contributed by atoms with Crippen molar-refractivity contribution >= 4 is 0 Å². The fraction of sp³-hybridized carbons (Fsp3) is 0.500. The Kier molecular flexibility index (Phi) is 4.19. The molecule has 2 N–H and O–H groups in total. The number of nitrogens with one attached hydrogen (secondary N) is 1. The normalized spacial score (nSPS) is 14.9. The highest BCUT2D eigenvalue weighted by molar-refractivity contribution is 5.45. The molecule has 0 aliphatic carbocycles. The van der Waals surface area contributed by atoms with E-state index in [-0.39, 0.29) is 6.79 Å². The van der Waals surface area contributed by atoms with Gasteiger partial charge in [-0.05, 0) is 17.7 Å². The van der Waals surface area contributed by atoms with Crippen LogP contribution in [0.2, 0.25) is 0 Å². The summed E-state index contributed by atoms with van der Waals surface area (Å²) in [7, 11) is 1.65. The molecule has 1 heterocycles. The average Bonchev–Trinajstić information content (AvgIpc) is 2.81. The first-order valence-electron chi connectivity index (χ1n) is 5.58. The molecule has 0 saturated carbocycles. The van der Waals surface area contributed by atoms with Gasteiger partial charge in [-0.15, -0.1) is 0 Å². The van der Waals surface area contributed by atoms with E-state index < -0.39 is 6.10 Å². The Bertz CT molecular complexity index is 370. The Hall–Kier alpha value is -1.30. The summed E-state index contributed by atoms with van der Waals surface area (Å²) >= 11 is 0. The summed E-state index contributed by atoms with van der Waals surface area (Å²) in [5.74, 6) is 1.42. The predicted molar refractivity (Wildman–Crippen MR) is 62.3 cm³/mol. The lowest BCUT2D eigenvalue weighted by molar-refractivity contribution is 0.160. The molecule has 1 unspecified atom stereocenters. The van der Waals surface area contributed by atoms with Crippen LogP contribution in [0, 0.1) is 0 Å². The second kappa shape index (κ2) is 5.86. The lowest BCUT2D eigenvalue weighted by Gasteiger charge is -2.12. The number of rotatable bonds is 6. The molecule has 1 aliphatic rings. The van der Waals surface area contributed by atoms with E-state index >= 15 is 0 Å². The van der Waals surface area contributed by atoms with Gasteiger partial charge in [0.05, 0.1) is 12.7 Å². The molecule has 1 atom stereocenters. The first-order chi connectivity index (χ1) is 8.31. The van der Waals surface area contributed by atoms with Gasteiger partial charge in [-0.3, -0.25) is 0 Å². The molecule has 94 valence electrons. The van der Waals surface area contributed by atoms with Crippen molar-refractivity contribution in [1.29, 1.82) is 0 Å². The summed E-state index contributed by atoms with van der Waals surface area (Å²) in [4.78, 5) is 0. The summed E-state index contributed by atoms with van der Waals surface area (Å²) < 4.78 is 15.4. The zero-order valence-corrected chi connectivity index (χ0v) is 9.81. The summed E-state index contributed by atoms with van der Waals surface area (Å²) in [5.41, 5.74) is 0.819. The van der Waals surface area contributed by atoms with Crippen LogP contribution in [0.4, 0.5) is 0 Å². The lowest BCUT2D eigenvalue weighted by Crippen LogP contribution is -2.24. The topological polar surface area (TPSA) is 60.0 Å². The van der Waals surface area contributed by atoms with Crippen LogP contribution < -0.4 is 14.8 Å². The quantitative estimate of drug-likeness (QED) is 0.715. The van der Waals surface area contributed by atoms with Gasteiger partial charge in [0.15, 0.2) is 11.5 Å². The third kappa shape index (κ3) is 3.09. The molecular formula is C12H17NO4. The minimum absolute atomic E-state index is 0.251. The van der Waals surface area contributed by atoms with Gasteiger partial charge in [-0.25, -0.2) is 0 Å². The molecule has 0 aromatic heterocycles. The van der Waals surface area contributed by atoms with Crippen LogP contribution in [0.3, 0.4) is 0 Å². The molecular weight excluding hydrogens is 222 g/mol. The van der Waals surface area contributed by atoms with Crippen molar-refractivity contribution in [2.24, 2.45) is 0 Å². The zero-order valence-electron chi connectivity index (χ0n) is 9.81. The molecule has 0 radical (unpaired) electrons. The van der Waals surface area contributed by atoms with Crippen molar-refractivity contribution in [3.8, 4) is 11.5 Å². The molecule has 0 bridgehead atoms. The Labute approximate surface area is 100 Å². The Balaban J connectivity index is 1.88. The largest absolute Gasteiger partial charge is 0.454 e. The molecule has 17 heavy (non-hydrogen) atoms. The number of hydrogen-bond acceptors (Lipinski definition) is 5. The van der Waals surface area contributed by atoms with Gasteiger partial charge in [0, 0.05) is 20.2 Å². The van der Waals surface area contributed by atoms with Crippen molar-refractivity contribution in [3.05, 3.63) is 23.8 Å². The van der Waals surface area contributed by atoms with Gasteiger partial charge < -0.3 is 24.6 Å². The Morgan fingerprint density at radius 3 is 3.06 bits per heavy atom. The van der Waals surface area contributed by atoms with Crippen LogP contribution in [0.5, 0.6) is 11.5 Å². The van der Waals surface area contributed by atoms with E-state index in [1.807, 2.05) is 18.2 Å². The monoisotopic (exact) mass is 239 g/mol. The summed E-state index contributed by atoms with van der Waals surface area (Å²) in [6.07, 6.45) is -0.554. The van der Waals surface area contributed by atoms with Gasteiger partial charge >= 0.3 is 0 Å². The summed E-state index contributed by atoms with van der Waals surface area (Å²) in [5, 5.41) is 13.1. The van der Waals surface area contributed by atoms with Gasteiger partial charge in [0.1, 0.15) is 0 Å². The fourth-order valence-electron chi connectivity index (χ4n) is 1.65. The average molecular weight is 239 g/mol. The highest BCUT2D eigenvalue weighted by Crippen LogP contribution is 2.33. The molecule has 2 rings (SSSR count). The van der Waals surface area contributed by atoms with Gasteiger partial charge in [0.25, 0.3) is 0 Å². The SMILES string of the molecule is COCCNCC(O)c1ccc2c(c1)OCO2. The molecule has 1 aromatic rings. The predicted octanol–water partition coefficient (Wildman–Crippen LogP) is 0.685. The summed E-state index contributed by atoms with van der Waals surface area (Å²) in [6, 6.07) is 5.47. The number of aliphatic hydroxyl groups excluding tert-OH is 1. The maximum atomic E-state index is 9.95. The van der Waals surface area contributed by atoms with Crippen LogP contribution in [0.15, 0.2) is 18.2 Å². The fourth-order valence-corrected chi connectivity index (χ4v) is 1.65. The lowest BCUT2D eigenvalue weighted by atomic mass is 10.1. The minimum Gasteiger partial charge on any atom is -0.454 e. The highest BCUT2D eigenvalue weighted by atomic mass is 16.7. The van der Waals surface area contributed by atoms with Crippen molar-refractivity contribution < 1.29 is 19.3 Å². The number of methoxy groups -OCH3 is 1. The maximum absolute atomic E-state index is 9.95. The third-order valence-corrected chi connectivity index (χ3v) is 2.60. The van der Waals surface area contributed by atoms with Crippen LogP contribution >= 0.6 is 0 Å². The van der Waals surface area contributed by atoms with Crippen LogP contribution in [-0.2, 0) is 4.74 Å². The highest BCUT2D eigenvalue weighted by Gasteiger charge is 2.16. The smallest absolute Gasteiger partial charge is 0.231 e. The van der Waals surface area contributed by atoms with Crippen LogP contribution in [0.25, 0.3) is 0 Å². The van der Waals surface area contributed by atoms with E-state index in [2.05, 4.69) is 5.32 Å². The molecule has 5 heteroatoms. The van der Waals surface area contributed by atoms with E-state index in [9.17, 15) is 5.11 Å². The minimum atomic E-state index is -0.554.